The Hall–Kier alpha value is -2.19. The molecule has 0 saturated carbocycles. The average molecular weight is 252 g/mol. The van der Waals surface area contributed by atoms with E-state index in [0.29, 0.717) is 7.11 Å². The molecule has 0 radical (unpaired) electrons. The number of nitrogens with zero attached hydrogens (tertiary/aromatic N) is 2. The molecule has 0 amide bonds. The summed E-state index contributed by atoms with van der Waals surface area (Å²) in [6.07, 6.45) is -2.27. The van der Waals surface area contributed by atoms with Crippen molar-refractivity contribution in [1.82, 2.24) is 9.97 Å². The van der Waals surface area contributed by atoms with E-state index in [1.807, 2.05) is 0 Å². The zero-order chi connectivity index (χ0) is 13.5. The van der Waals surface area contributed by atoms with Gasteiger partial charge in [-0.1, -0.05) is 0 Å². The molecule has 0 saturated heterocycles. The smallest absolute Gasteiger partial charge is 0.477 e. The van der Waals surface area contributed by atoms with Gasteiger partial charge in [-0.15, -0.1) is 0 Å². The SMILES string of the molecule is COC(=O)C(F)(F)F.O=C(O)c1ccncn1. The van der Waals surface area contributed by atoms with Crippen molar-refractivity contribution >= 4 is 11.9 Å². The third-order valence-electron chi connectivity index (χ3n) is 1.22. The van der Waals surface area contributed by atoms with Gasteiger partial charge in [0.1, 0.15) is 6.33 Å². The Morgan fingerprint density at radius 2 is 2.00 bits per heavy atom. The fourth-order valence-corrected chi connectivity index (χ4v) is 0.533. The summed E-state index contributed by atoms with van der Waals surface area (Å²) in [7, 11) is 0.676. The van der Waals surface area contributed by atoms with Crippen LogP contribution in [0.5, 0.6) is 0 Å². The van der Waals surface area contributed by atoms with Crippen LogP contribution in [0.25, 0.3) is 0 Å². The Morgan fingerprint density at radius 3 is 2.18 bits per heavy atom. The second-order valence-corrected chi connectivity index (χ2v) is 2.39. The van der Waals surface area contributed by atoms with Gasteiger partial charge in [0.15, 0.2) is 5.69 Å². The number of carboxylic acid groups (broad SMARTS) is 1. The maximum Gasteiger partial charge on any atom is 0.490 e. The van der Waals surface area contributed by atoms with Crippen LogP contribution >= 0.6 is 0 Å². The number of esters is 1. The van der Waals surface area contributed by atoms with Crippen molar-refractivity contribution in [3.63, 3.8) is 0 Å². The third-order valence-corrected chi connectivity index (χ3v) is 1.22. The quantitative estimate of drug-likeness (QED) is 0.747. The molecular formula is C8H7F3N2O4. The first kappa shape index (κ1) is 14.8. The number of alkyl halides is 3. The van der Waals surface area contributed by atoms with Crippen LogP contribution in [0.15, 0.2) is 18.6 Å². The molecule has 0 aliphatic heterocycles. The van der Waals surface area contributed by atoms with Gasteiger partial charge in [0, 0.05) is 6.20 Å². The van der Waals surface area contributed by atoms with Crippen molar-refractivity contribution in [3.05, 3.63) is 24.3 Å². The summed E-state index contributed by atoms with van der Waals surface area (Å²) in [4.78, 5) is 26.6. The molecule has 1 rings (SSSR count). The lowest BCUT2D eigenvalue weighted by atomic mass is 10.4. The molecule has 0 aromatic carbocycles. The van der Waals surface area contributed by atoms with Crippen LogP contribution in [0, 0.1) is 0 Å². The Balaban J connectivity index is 0.000000304. The summed E-state index contributed by atoms with van der Waals surface area (Å²) in [5.41, 5.74) is 0.0185. The molecule has 9 heteroatoms. The van der Waals surface area contributed by atoms with E-state index in [0.717, 1.165) is 0 Å². The van der Waals surface area contributed by atoms with E-state index in [2.05, 4.69) is 14.7 Å². The predicted molar refractivity (Wildman–Crippen MR) is 47.1 cm³/mol. The zero-order valence-corrected chi connectivity index (χ0v) is 8.43. The van der Waals surface area contributed by atoms with E-state index in [1.165, 1.54) is 18.6 Å². The molecule has 1 aromatic heterocycles. The Morgan fingerprint density at radius 1 is 1.41 bits per heavy atom. The van der Waals surface area contributed by atoms with E-state index in [4.69, 9.17) is 5.11 Å². The first-order chi connectivity index (χ1) is 7.79. The van der Waals surface area contributed by atoms with Crippen molar-refractivity contribution in [3.8, 4) is 0 Å². The average Bonchev–Trinajstić information content (AvgIpc) is 2.28. The lowest BCUT2D eigenvalue weighted by molar-refractivity contribution is -0.196. The maximum atomic E-state index is 11.0. The number of rotatable bonds is 1. The van der Waals surface area contributed by atoms with Crippen LogP contribution in [0.4, 0.5) is 13.2 Å². The molecule has 0 unspecified atom stereocenters. The molecule has 0 aliphatic carbocycles. The largest absolute Gasteiger partial charge is 0.490 e. The minimum atomic E-state index is -4.85. The van der Waals surface area contributed by atoms with E-state index < -0.39 is 18.1 Å². The van der Waals surface area contributed by atoms with E-state index in [1.54, 1.807) is 0 Å². The highest BCUT2D eigenvalue weighted by molar-refractivity contribution is 5.84. The van der Waals surface area contributed by atoms with Gasteiger partial charge in [0.2, 0.25) is 0 Å². The number of halogens is 3. The van der Waals surface area contributed by atoms with Crippen molar-refractivity contribution < 1.29 is 32.6 Å². The molecule has 0 atom stereocenters. The van der Waals surface area contributed by atoms with Gasteiger partial charge in [-0.3, -0.25) is 0 Å². The molecular weight excluding hydrogens is 245 g/mol. The summed E-state index contributed by atoms with van der Waals surface area (Å²) in [6, 6.07) is 1.34. The Bertz CT molecular complexity index is 380. The topological polar surface area (TPSA) is 89.4 Å². The standard InChI is InChI=1S/C5H4N2O2.C3H3F3O2/c8-5(9)4-1-2-6-3-7-4;1-8-2(7)3(4,5)6/h1-3H,(H,8,9);1H3. The van der Waals surface area contributed by atoms with E-state index in [9.17, 15) is 22.8 Å². The molecule has 0 bridgehead atoms. The van der Waals surface area contributed by atoms with Gasteiger partial charge in [-0.2, -0.15) is 13.2 Å². The molecule has 17 heavy (non-hydrogen) atoms. The maximum absolute atomic E-state index is 11.0. The normalized spacial score (nSPS) is 9.88. The van der Waals surface area contributed by atoms with E-state index >= 15 is 0 Å². The zero-order valence-electron chi connectivity index (χ0n) is 8.43. The van der Waals surface area contributed by atoms with Gasteiger partial charge in [-0.05, 0) is 6.07 Å². The number of hydrogen-bond acceptors (Lipinski definition) is 5. The molecule has 94 valence electrons. The second-order valence-electron chi connectivity index (χ2n) is 2.39. The number of aromatic nitrogens is 2. The first-order valence-electron chi connectivity index (χ1n) is 3.93. The molecule has 0 fully saturated rings. The van der Waals surface area contributed by atoms with Crippen molar-refractivity contribution in [1.29, 1.82) is 0 Å². The number of hydrogen-bond donors (Lipinski definition) is 1. The molecule has 1 aromatic rings. The number of carbonyl (C=O) groups is 2. The number of carbonyl (C=O) groups excluding carboxylic acids is 1. The van der Waals surface area contributed by atoms with Gasteiger partial charge in [0.05, 0.1) is 7.11 Å². The summed E-state index contributed by atoms with van der Waals surface area (Å²) in [5, 5.41) is 8.29. The molecule has 1 heterocycles. The molecule has 0 spiro atoms. The number of methoxy groups -OCH3 is 1. The van der Waals surface area contributed by atoms with E-state index in [-0.39, 0.29) is 5.69 Å². The predicted octanol–water partition coefficient (Wildman–Crippen LogP) is 0.896. The van der Waals surface area contributed by atoms with Crippen LogP contribution in [0.1, 0.15) is 10.5 Å². The molecule has 1 N–H and O–H groups in total. The number of aromatic carboxylic acids is 1. The lowest BCUT2D eigenvalue weighted by Crippen LogP contribution is -2.23. The summed E-state index contributed by atoms with van der Waals surface area (Å²) >= 11 is 0. The van der Waals surface area contributed by atoms with Crippen LogP contribution in [0.2, 0.25) is 0 Å². The van der Waals surface area contributed by atoms with Crippen LogP contribution in [-0.4, -0.2) is 40.3 Å². The first-order valence-corrected chi connectivity index (χ1v) is 3.93. The van der Waals surface area contributed by atoms with Crippen molar-refractivity contribution in [2.75, 3.05) is 7.11 Å². The molecule has 6 nitrogen and oxygen atoms in total. The van der Waals surface area contributed by atoms with Crippen LogP contribution in [-0.2, 0) is 9.53 Å². The minimum absolute atomic E-state index is 0.0185. The lowest BCUT2D eigenvalue weighted by Gasteiger charge is -1.99. The van der Waals surface area contributed by atoms with Gasteiger partial charge >= 0.3 is 18.1 Å². The van der Waals surface area contributed by atoms with Gasteiger partial charge in [-0.25, -0.2) is 19.6 Å². The Kier molecular flexibility index (Phi) is 5.58. The van der Waals surface area contributed by atoms with Crippen molar-refractivity contribution in [2.45, 2.75) is 6.18 Å². The summed E-state index contributed by atoms with van der Waals surface area (Å²) in [6.45, 7) is 0. The van der Waals surface area contributed by atoms with Crippen LogP contribution in [0.3, 0.4) is 0 Å². The minimum Gasteiger partial charge on any atom is -0.477 e. The number of carboxylic acids is 1. The van der Waals surface area contributed by atoms with Crippen LogP contribution < -0.4 is 0 Å². The monoisotopic (exact) mass is 252 g/mol. The third kappa shape index (κ3) is 6.07. The summed E-state index contributed by atoms with van der Waals surface area (Å²) < 4.78 is 36.3. The fourth-order valence-electron chi connectivity index (χ4n) is 0.533. The molecule has 0 aliphatic rings. The van der Waals surface area contributed by atoms with Gasteiger partial charge < -0.3 is 9.84 Å². The summed E-state index contributed by atoms with van der Waals surface area (Å²) in [5.74, 6) is -3.20. The highest BCUT2D eigenvalue weighted by Gasteiger charge is 2.39. The Labute approximate surface area is 93.1 Å². The van der Waals surface area contributed by atoms with Crippen molar-refractivity contribution in [2.24, 2.45) is 0 Å². The second kappa shape index (κ2) is 6.40. The highest BCUT2D eigenvalue weighted by Crippen LogP contribution is 2.15. The highest BCUT2D eigenvalue weighted by atomic mass is 19.4. The fraction of sp³-hybridized carbons (Fsp3) is 0.250. The van der Waals surface area contributed by atoms with Gasteiger partial charge in [0.25, 0.3) is 0 Å². The number of ether oxygens (including phenoxy) is 1.